The zero-order valence-corrected chi connectivity index (χ0v) is 14.7. The highest BCUT2D eigenvalue weighted by atomic mass is 19.1. The van der Waals surface area contributed by atoms with Gasteiger partial charge in [0.05, 0.1) is 5.41 Å². The van der Waals surface area contributed by atoms with Crippen LogP contribution in [0.5, 0.6) is 0 Å². The second-order valence-corrected chi connectivity index (χ2v) is 6.91. The lowest BCUT2D eigenvalue weighted by Crippen LogP contribution is -2.49. The molecule has 0 unspecified atom stereocenters. The number of rotatable bonds is 6. The van der Waals surface area contributed by atoms with Gasteiger partial charge in [0.15, 0.2) is 0 Å². The summed E-state index contributed by atoms with van der Waals surface area (Å²) in [7, 11) is 0. The van der Waals surface area contributed by atoms with E-state index in [1.807, 2.05) is 6.07 Å². The van der Waals surface area contributed by atoms with Gasteiger partial charge >= 0.3 is 0 Å². The van der Waals surface area contributed by atoms with Crippen LogP contribution in [0.2, 0.25) is 0 Å². The Morgan fingerprint density at radius 1 is 1.28 bits per heavy atom. The minimum atomic E-state index is -0.671. The van der Waals surface area contributed by atoms with Gasteiger partial charge < -0.3 is 20.3 Å². The molecule has 138 valence electrons. The second kappa shape index (κ2) is 8.74. The van der Waals surface area contributed by atoms with Crippen LogP contribution in [-0.4, -0.2) is 63.3 Å². The lowest BCUT2D eigenvalue weighted by molar-refractivity contribution is -0.130. The normalized spacial score (nSPS) is 21.0. The Morgan fingerprint density at radius 2 is 2.04 bits per heavy atom. The monoisotopic (exact) mass is 349 g/mol. The maximum Gasteiger partial charge on any atom is 0.230 e. The molecule has 25 heavy (non-hydrogen) atoms. The summed E-state index contributed by atoms with van der Waals surface area (Å²) in [5.41, 5.74) is 0.0884. The average Bonchev–Trinajstić information content (AvgIpc) is 2.66. The quantitative estimate of drug-likeness (QED) is 0.760. The molecule has 2 heterocycles. The van der Waals surface area contributed by atoms with Crippen molar-refractivity contribution in [2.24, 2.45) is 0 Å². The van der Waals surface area contributed by atoms with E-state index in [9.17, 15) is 9.18 Å². The van der Waals surface area contributed by atoms with Gasteiger partial charge in [-0.2, -0.15) is 0 Å². The predicted molar refractivity (Wildman–Crippen MR) is 95.1 cm³/mol. The molecule has 5 nitrogen and oxygen atoms in total. The van der Waals surface area contributed by atoms with Gasteiger partial charge in [-0.25, -0.2) is 4.39 Å². The Morgan fingerprint density at radius 3 is 2.76 bits per heavy atom. The maximum absolute atomic E-state index is 13.7. The molecule has 2 aliphatic rings. The van der Waals surface area contributed by atoms with E-state index < -0.39 is 5.41 Å². The van der Waals surface area contributed by atoms with Crippen LogP contribution in [0.1, 0.15) is 24.8 Å². The van der Waals surface area contributed by atoms with Gasteiger partial charge in [0.2, 0.25) is 5.91 Å². The first kappa shape index (κ1) is 18.3. The van der Waals surface area contributed by atoms with E-state index in [1.54, 1.807) is 6.07 Å². The average molecular weight is 349 g/mol. The molecule has 0 spiro atoms. The molecule has 2 fully saturated rings. The van der Waals surface area contributed by atoms with Gasteiger partial charge in [-0.3, -0.25) is 4.79 Å². The van der Waals surface area contributed by atoms with Crippen LogP contribution < -0.4 is 10.6 Å². The van der Waals surface area contributed by atoms with Gasteiger partial charge in [0.1, 0.15) is 5.82 Å². The van der Waals surface area contributed by atoms with Crippen LogP contribution in [0, 0.1) is 5.82 Å². The SMILES string of the molecule is O=C(NCCCN1CCNCC1)C1(c2cccc(F)c2)CCOCC1. The van der Waals surface area contributed by atoms with Crippen molar-refractivity contribution in [2.75, 3.05) is 52.5 Å². The molecule has 0 aliphatic carbocycles. The van der Waals surface area contributed by atoms with E-state index in [0.29, 0.717) is 32.6 Å². The number of piperazine rings is 1. The highest BCUT2D eigenvalue weighted by Gasteiger charge is 2.41. The molecule has 0 bridgehead atoms. The van der Waals surface area contributed by atoms with Crippen molar-refractivity contribution in [1.82, 2.24) is 15.5 Å². The zero-order valence-electron chi connectivity index (χ0n) is 14.7. The number of benzene rings is 1. The fourth-order valence-corrected chi connectivity index (χ4v) is 3.76. The Hall–Kier alpha value is -1.50. The first-order valence-electron chi connectivity index (χ1n) is 9.26. The molecule has 0 radical (unpaired) electrons. The summed E-state index contributed by atoms with van der Waals surface area (Å²) >= 11 is 0. The molecule has 1 aromatic carbocycles. The third-order valence-electron chi connectivity index (χ3n) is 5.30. The molecular weight excluding hydrogens is 321 g/mol. The second-order valence-electron chi connectivity index (χ2n) is 6.91. The predicted octanol–water partition coefficient (Wildman–Crippen LogP) is 1.29. The Balaban J connectivity index is 1.58. The van der Waals surface area contributed by atoms with Crippen molar-refractivity contribution in [3.63, 3.8) is 0 Å². The van der Waals surface area contributed by atoms with E-state index in [-0.39, 0.29) is 11.7 Å². The number of carbonyl (C=O) groups excluding carboxylic acids is 1. The summed E-state index contributed by atoms with van der Waals surface area (Å²) in [6, 6.07) is 6.45. The summed E-state index contributed by atoms with van der Waals surface area (Å²) < 4.78 is 19.1. The van der Waals surface area contributed by atoms with Gasteiger partial charge in [-0.05, 0) is 43.5 Å². The van der Waals surface area contributed by atoms with E-state index >= 15 is 0 Å². The van der Waals surface area contributed by atoms with Gasteiger partial charge in [-0.15, -0.1) is 0 Å². The summed E-state index contributed by atoms with van der Waals surface area (Å²) in [5, 5.41) is 6.43. The summed E-state index contributed by atoms with van der Waals surface area (Å²) in [6.07, 6.45) is 2.13. The molecule has 0 saturated carbocycles. The highest BCUT2D eigenvalue weighted by molar-refractivity contribution is 5.88. The molecular formula is C19H28FN3O2. The number of carbonyl (C=O) groups is 1. The van der Waals surface area contributed by atoms with E-state index in [2.05, 4.69) is 15.5 Å². The zero-order chi connectivity index (χ0) is 17.5. The summed E-state index contributed by atoms with van der Waals surface area (Å²) in [4.78, 5) is 15.4. The fourth-order valence-electron chi connectivity index (χ4n) is 3.76. The first-order chi connectivity index (χ1) is 12.2. The van der Waals surface area contributed by atoms with Crippen molar-refractivity contribution < 1.29 is 13.9 Å². The Labute approximate surface area is 148 Å². The number of hydrogen-bond acceptors (Lipinski definition) is 4. The van der Waals surface area contributed by atoms with Crippen molar-refractivity contribution in [1.29, 1.82) is 0 Å². The standard InChI is InChI=1S/C19H28FN3O2/c20-17-4-1-3-16(15-17)19(5-13-25-14-6-19)18(24)22-7-2-10-23-11-8-21-9-12-23/h1,3-4,15,21H,2,5-14H2,(H,22,24). The number of hydrogen-bond donors (Lipinski definition) is 2. The minimum Gasteiger partial charge on any atom is -0.381 e. The number of ether oxygens (including phenoxy) is 1. The molecule has 6 heteroatoms. The van der Waals surface area contributed by atoms with Crippen molar-refractivity contribution in [3.05, 3.63) is 35.6 Å². The molecule has 0 aromatic heterocycles. The number of halogens is 1. The van der Waals surface area contributed by atoms with Crippen molar-refractivity contribution >= 4 is 5.91 Å². The van der Waals surface area contributed by atoms with Crippen molar-refractivity contribution in [3.8, 4) is 0 Å². The van der Waals surface area contributed by atoms with Crippen LogP contribution in [0.25, 0.3) is 0 Å². The highest BCUT2D eigenvalue weighted by Crippen LogP contribution is 2.35. The van der Waals surface area contributed by atoms with E-state index in [0.717, 1.165) is 44.7 Å². The number of nitrogens with one attached hydrogen (secondary N) is 2. The fraction of sp³-hybridized carbons (Fsp3) is 0.632. The van der Waals surface area contributed by atoms with Crippen LogP contribution in [0.4, 0.5) is 4.39 Å². The molecule has 0 atom stereocenters. The molecule has 2 saturated heterocycles. The van der Waals surface area contributed by atoms with Crippen LogP contribution in [-0.2, 0) is 14.9 Å². The lowest BCUT2D eigenvalue weighted by atomic mass is 9.73. The van der Waals surface area contributed by atoms with Crippen LogP contribution in [0.3, 0.4) is 0 Å². The Bertz CT molecular complexity index is 570. The van der Waals surface area contributed by atoms with Crippen LogP contribution >= 0.6 is 0 Å². The molecule has 3 rings (SSSR count). The van der Waals surface area contributed by atoms with Crippen LogP contribution in [0.15, 0.2) is 24.3 Å². The van der Waals surface area contributed by atoms with E-state index in [1.165, 1.54) is 12.1 Å². The molecule has 2 N–H and O–H groups in total. The summed E-state index contributed by atoms with van der Waals surface area (Å²) in [5.74, 6) is -0.295. The largest absolute Gasteiger partial charge is 0.381 e. The Kier molecular flexibility index (Phi) is 6.39. The smallest absolute Gasteiger partial charge is 0.230 e. The number of amides is 1. The topological polar surface area (TPSA) is 53.6 Å². The van der Waals surface area contributed by atoms with E-state index in [4.69, 9.17) is 4.74 Å². The van der Waals surface area contributed by atoms with Gasteiger partial charge in [-0.1, -0.05) is 12.1 Å². The number of nitrogens with zero attached hydrogens (tertiary/aromatic N) is 1. The molecule has 2 aliphatic heterocycles. The molecule has 1 aromatic rings. The molecule has 1 amide bonds. The van der Waals surface area contributed by atoms with Crippen molar-refractivity contribution in [2.45, 2.75) is 24.7 Å². The third kappa shape index (κ3) is 4.57. The third-order valence-corrected chi connectivity index (χ3v) is 5.30. The lowest BCUT2D eigenvalue weighted by Gasteiger charge is -2.36. The van der Waals surface area contributed by atoms with Gasteiger partial charge in [0, 0.05) is 45.9 Å². The summed E-state index contributed by atoms with van der Waals surface area (Å²) in [6.45, 7) is 6.93. The maximum atomic E-state index is 13.7. The van der Waals surface area contributed by atoms with Gasteiger partial charge in [0.25, 0.3) is 0 Å². The first-order valence-corrected chi connectivity index (χ1v) is 9.26. The minimum absolute atomic E-state index is 0.00158.